The minimum atomic E-state index is -0.820. The number of urea groups is 1. The SMILES string of the molecule is CN1CCN(C2=NC3C(C(=O)NC(=O)N3C)N2CC(=O)c2ccc([N+](=O)[O-])cc2)CC1. The highest BCUT2D eigenvalue weighted by molar-refractivity contribution is 6.06. The van der Waals surface area contributed by atoms with Crippen LogP contribution in [0, 0.1) is 10.1 Å². The van der Waals surface area contributed by atoms with E-state index in [9.17, 15) is 24.5 Å². The Balaban J connectivity index is 1.61. The first kappa shape index (κ1) is 20.7. The highest BCUT2D eigenvalue weighted by Crippen LogP contribution is 2.26. The number of guanidine groups is 1. The monoisotopic (exact) mass is 429 g/mol. The smallest absolute Gasteiger partial charge is 0.325 e. The summed E-state index contributed by atoms with van der Waals surface area (Å²) in [6.07, 6.45) is -0.722. The van der Waals surface area contributed by atoms with E-state index in [1.807, 2.05) is 11.9 Å². The van der Waals surface area contributed by atoms with E-state index in [-0.39, 0.29) is 18.0 Å². The Kier molecular flexibility index (Phi) is 5.31. The van der Waals surface area contributed by atoms with Crippen molar-refractivity contribution in [3.05, 3.63) is 39.9 Å². The molecule has 3 aliphatic rings. The Bertz CT molecular complexity index is 955. The van der Waals surface area contributed by atoms with E-state index < -0.39 is 29.1 Å². The molecule has 0 radical (unpaired) electrons. The van der Waals surface area contributed by atoms with Gasteiger partial charge in [0.2, 0.25) is 0 Å². The molecule has 0 saturated carbocycles. The summed E-state index contributed by atoms with van der Waals surface area (Å²) in [6.45, 7) is 2.82. The summed E-state index contributed by atoms with van der Waals surface area (Å²) in [6, 6.07) is 4.00. The van der Waals surface area contributed by atoms with Crippen molar-refractivity contribution < 1.29 is 19.3 Å². The van der Waals surface area contributed by atoms with E-state index in [0.717, 1.165) is 13.1 Å². The number of nitrogens with zero attached hydrogens (tertiary/aromatic N) is 6. The molecule has 0 aromatic heterocycles. The van der Waals surface area contributed by atoms with Crippen LogP contribution >= 0.6 is 0 Å². The highest BCUT2D eigenvalue weighted by Gasteiger charge is 2.50. The molecular formula is C19H23N7O5. The fourth-order valence-corrected chi connectivity index (χ4v) is 3.97. The number of amides is 3. The maximum absolute atomic E-state index is 13.0. The molecule has 1 aromatic rings. The zero-order chi connectivity index (χ0) is 22.3. The number of fused-ring (bicyclic) bond motifs is 1. The number of benzene rings is 1. The zero-order valence-corrected chi connectivity index (χ0v) is 17.2. The lowest BCUT2D eigenvalue weighted by Crippen LogP contribution is -2.65. The van der Waals surface area contributed by atoms with Crippen LogP contribution in [0.2, 0.25) is 0 Å². The van der Waals surface area contributed by atoms with Gasteiger partial charge in [0.15, 0.2) is 24.0 Å². The number of likely N-dealkylation sites (N-methyl/N-ethyl adjacent to an activating group) is 2. The highest BCUT2D eigenvalue weighted by atomic mass is 16.6. The first-order chi connectivity index (χ1) is 14.8. The first-order valence-electron chi connectivity index (χ1n) is 9.89. The van der Waals surface area contributed by atoms with Gasteiger partial charge in [-0.25, -0.2) is 9.79 Å². The van der Waals surface area contributed by atoms with Crippen LogP contribution in [0.4, 0.5) is 10.5 Å². The third kappa shape index (κ3) is 3.81. The second-order valence-electron chi connectivity index (χ2n) is 7.84. The lowest BCUT2D eigenvalue weighted by atomic mass is 10.1. The van der Waals surface area contributed by atoms with Gasteiger partial charge in [-0.05, 0) is 19.2 Å². The van der Waals surface area contributed by atoms with Crippen LogP contribution < -0.4 is 5.32 Å². The first-order valence-corrected chi connectivity index (χ1v) is 9.89. The van der Waals surface area contributed by atoms with E-state index in [1.165, 1.54) is 29.2 Å². The van der Waals surface area contributed by atoms with Crippen LogP contribution in [0.3, 0.4) is 0 Å². The number of ketones is 1. The van der Waals surface area contributed by atoms with Crippen molar-refractivity contribution >= 4 is 29.4 Å². The Morgan fingerprint density at radius 2 is 1.81 bits per heavy atom. The average Bonchev–Trinajstić information content (AvgIpc) is 3.12. The van der Waals surface area contributed by atoms with Crippen LogP contribution in [-0.4, -0.2) is 107 Å². The summed E-state index contributed by atoms with van der Waals surface area (Å²) < 4.78 is 0. The third-order valence-electron chi connectivity index (χ3n) is 5.84. The maximum Gasteiger partial charge on any atom is 0.325 e. The molecule has 12 nitrogen and oxygen atoms in total. The van der Waals surface area contributed by atoms with Crippen molar-refractivity contribution in [2.75, 3.05) is 46.8 Å². The van der Waals surface area contributed by atoms with Gasteiger partial charge in [-0.15, -0.1) is 0 Å². The van der Waals surface area contributed by atoms with Crippen LogP contribution in [0.5, 0.6) is 0 Å². The Morgan fingerprint density at radius 1 is 1.16 bits per heavy atom. The lowest BCUT2D eigenvalue weighted by Gasteiger charge is -2.39. The quantitative estimate of drug-likeness (QED) is 0.388. The van der Waals surface area contributed by atoms with E-state index >= 15 is 0 Å². The van der Waals surface area contributed by atoms with Gasteiger partial charge in [0, 0.05) is 50.9 Å². The molecule has 4 rings (SSSR count). The second kappa shape index (κ2) is 7.95. The summed E-state index contributed by atoms with van der Waals surface area (Å²) in [5.74, 6) is -0.294. The molecule has 3 amide bonds. The zero-order valence-electron chi connectivity index (χ0n) is 17.2. The minimum absolute atomic E-state index is 0.107. The van der Waals surface area contributed by atoms with Gasteiger partial charge in [0.05, 0.1) is 11.5 Å². The Hall–Kier alpha value is -3.54. The molecular weight excluding hydrogens is 406 g/mol. The molecule has 2 saturated heterocycles. The molecule has 2 fully saturated rings. The average molecular weight is 429 g/mol. The molecule has 1 aromatic carbocycles. The van der Waals surface area contributed by atoms with Gasteiger partial charge in [0.1, 0.15) is 0 Å². The number of nitro groups is 1. The summed E-state index contributed by atoms with van der Waals surface area (Å²) in [7, 11) is 3.58. The summed E-state index contributed by atoms with van der Waals surface area (Å²) in [5, 5.41) is 13.2. The number of carbonyl (C=O) groups excluding carboxylic acids is 3. The largest absolute Gasteiger partial charge is 0.340 e. The molecule has 164 valence electrons. The van der Waals surface area contributed by atoms with Crippen molar-refractivity contribution in [3.63, 3.8) is 0 Å². The molecule has 0 bridgehead atoms. The fraction of sp³-hybridized carbons (Fsp3) is 0.474. The molecule has 2 unspecified atom stereocenters. The number of nitrogens with one attached hydrogen (secondary N) is 1. The Morgan fingerprint density at radius 3 is 2.42 bits per heavy atom. The van der Waals surface area contributed by atoms with Crippen molar-refractivity contribution in [1.82, 2.24) is 24.9 Å². The number of hydrogen-bond donors (Lipinski definition) is 1. The topological polar surface area (TPSA) is 132 Å². The number of non-ortho nitro benzene ring substituents is 1. The van der Waals surface area contributed by atoms with E-state index in [1.54, 1.807) is 11.9 Å². The summed E-state index contributed by atoms with van der Waals surface area (Å²) in [5.41, 5.74) is 0.191. The summed E-state index contributed by atoms with van der Waals surface area (Å²) in [4.78, 5) is 59.9. The number of aliphatic imine (C=N–C) groups is 1. The van der Waals surface area contributed by atoms with Crippen LogP contribution in [0.25, 0.3) is 0 Å². The Labute approximate surface area is 178 Å². The van der Waals surface area contributed by atoms with Gasteiger partial charge in [-0.3, -0.25) is 25.0 Å². The lowest BCUT2D eigenvalue weighted by molar-refractivity contribution is -0.384. The molecule has 1 N–H and O–H groups in total. The number of carbonyl (C=O) groups is 3. The van der Waals surface area contributed by atoms with Crippen molar-refractivity contribution in [2.45, 2.75) is 12.2 Å². The molecule has 3 heterocycles. The third-order valence-corrected chi connectivity index (χ3v) is 5.84. The predicted molar refractivity (Wildman–Crippen MR) is 110 cm³/mol. The minimum Gasteiger partial charge on any atom is -0.340 e. The van der Waals surface area contributed by atoms with Crippen molar-refractivity contribution in [2.24, 2.45) is 4.99 Å². The van der Waals surface area contributed by atoms with Gasteiger partial charge in [0.25, 0.3) is 11.6 Å². The van der Waals surface area contributed by atoms with E-state index in [4.69, 9.17) is 0 Å². The van der Waals surface area contributed by atoms with Crippen LogP contribution in [0.15, 0.2) is 29.3 Å². The number of imide groups is 1. The van der Waals surface area contributed by atoms with Gasteiger partial charge >= 0.3 is 6.03 Å². The number of rotatable bonds is 4. The second-order valence-corrected chi connectivity index (χ2v) is 7.84. The number of hydrogen-bond acceptors (Lipinski definition) is 9. The molecule has 31 heavy (non-hydrogen) atoms. The molecule has 3 aliphatic heterocycles. The summed E-state index contributed by atoms with van der Waals surface area (Å²) >= 11 is 0. The molecule has 0 aliphatic carbocycles. The van der Waals surface area contributed by atoms with Crippen LogP contribution in [0.1, 0.15) is 10.4 Å². The molecule has 12 heteroatoms. The van der Waals surface area contributed by atoms with E-state index in [0.29, 0.717) is 24.6 Å². The number of Topliss-reactive ketones (excluding diaryl/α,β-unsaturated/α-hetero) is 1. The van der Waals surface area contributed by atoms with Gasteiger partial charge in [-0.2, -0.15) is 0 Å². The number of nitro benzene ring substituents is 1. The van der Waals surface area contributed by atoms with Crippen molar-refractivity contribution in [1.29, 1.82) is 0 Å². The normalized spacial score (nSPS) is 24.1. The standard InChI is InChI=1S/C19H23N7O5/c1-22-7-9-24(10-8-22)18-20-16-15(17(28)21-19(29)23(16)2)25(18)11-14(27)12-3-5-13(6-4-12)26(30)31/h3-6,15-16H,7-11H2,1-2H3,(H,21,28,29). The van der Waals surface area contributed by atoms with E-state index in [2.05, 4.69) is 15.2 Å². The molecule has 0 spiro atoms. The molecule has 2 atom stereocenters. The maximum atomic E-state index is 13.0. The fourth-order valence-electron chi connectivity index (χ4n) is 3.97. The van der Waals surface area contributed by atoms with Crippen LogP contribution in [-0.2, 0) is 4.79 Å². The number of piperazine rings is 1. The van der Waals surface area contributed by atoms with Gasteiger partial charge in [-0.1, -0.05) is 0 Å². The predicted octanol–water partition coefficient (Wildman–Crippen LogP) is -0.427. The van der Waals surface area contributed by atoms with Gasteiger partial charge < -0.3 is 19.6 Å². The van der Waals surface area contributed by atoms with Crippen molar-refractivity contribution in [3.8, 4) is 0 Å².